The Bertz CT molecular complexity index is 501. The molecule has 5 nitrogen and oxygen atoms in total. The molecule has 0 bridgehead atoms. The first-order valence-corrected chi connectivity index (χ1v) is 7.31. The normalized spacial score (nSPS) is 17.8. The van der Waals surface area contributed by atoms with Gasteiger partial charge in [-0.15, -0.1) is 0 Å². The molecule has 1 heterocycles. The second kappa shape index (κ2) is 6.11. The summed E-state index contributed by atoms with van der Waals surface area (Å²) in [6.45, 7) is 1.36. The van der Waals surface area contributed by atoms with E-state index in [1.54, 1.807) is 25.2 Å². The van der Waals surface area contributed by atoms with E-state index >= 15 is 0 Å². The number of rotatable bonds is 3. The number of hydrogen-bond donors (Lipinski definition) is 2. The Morgan fingerprint density at radius 2 is 2.15 bits per heavy atom. The maximum Gasteiger partial charge on any atom is 0.253 e. The number of carbonyl (C=O) groups is 1. The van der Waals surface area contributed by atoms with Crippen LogP contribution in [0, 0.1) is 0 Å². The summed E-state index contributed by atoms with van der Waals surface area (Å²) in [5.74, 6) is -0.149. The first-order chi connectivity index (χ1) is 9.41. The molecule has 3 N–H and O–H groups in total. The summed E-state index contributed by atoms with van der Waals surface area (Å²) in [6.07, 6.45) is 1.10. The van der Waals surface area contributed by atoms with Crippen molar-refractivity contribution in [1.82, 2.24) is 4.90 Å². The van der Waals surface area contributed by atoms with E-state index in [-0.39, 0.29) is 5.91 Å². The van der Waals surface area contributed by atoms with Gasteiger partial charge in [0.15, 0.2) is 0 Å². The summed E-state index contributed by atoms with van der Waals surface area (Å²) in [4.78, 5) is 13.9. The highest BCUT2D eigenvalue weighted by Crippen LogP contribution is 2.24. The van der Waals surface area contributed by atoms with Crippen molar-refractivity contribution in [2.45, 2.75) is 18.4 Å². The molecule has 1 amide bonds. The minimum Gasteiger partial charge on any atom is -0.398 e. The lowest BCUT2D eigenvalue weighted by molar-refractivity contribution is -0.0734. The summed E-state index contributed by atoms with van der Waals surface area (Å²) in [7, 11) is 1.69. The zero-order valence-corrected chi connectivity index (χ0v) is 13.0. The largest absolute Gasteiger partial charge is 0.398 e. The van der Waals surface area contributed by atoms with Gasteiger partial charge in [0.2, 0.25) is 0 Å². The molecular weight excluding hydrogens is 324 g/mol. The second-order valence-electron chi connectivity index (χ2n) is 5.23. The number of anilines is 1. The Morgan fingerprint density at radius 1 is 1.50 bits per heavy atom. The molecule has 1 aliphatic heterocycles. The molecule has 1 aliphatic rings. The molecule has 0 aromatic heterocycles. The summed E-state index contributed by atoms with van der Waals surface area (Å²) >= 11 is 3.30. The van der Waals surface area contributed by atoms with Crippen LogP contribution in [0.5, 0.6) is 0 Å². The van der Waals surface area contributed by atoms with Gasteiger partial charge in [-0.3, -0.25) is 4.79 Å². The number of nitrogens with two attached hydrogens (primary N) is 1. The van der Waals surface area contributed by atoms with Gasteiger partial charge in [0.1, 0.15) is 0 Å². The SMILES string of the molecule is CN(CC1(O)CCOCC1)C(=O)c1ccc(Br)c(N)c1. The van der Waals surface area contributed by atoms with E-state index in [1.807, 2.05) is 0 Å². The summed E-state index contributed by atoms with van der Waals surface area (Å²) in [6, 6.07) is 5.10. The molecule has 1 fully saturated rings. The number of aliphatic hydroxyl groups is 1. The van der Waals surface area contributed by atoms with Crippen molar-refractivity contribution in [3.8, 4) is 0 Å². The number of ether oxygens (including phenoxy) is 1. The van der Waals surface area contributed by atoms with Gasteiger partial charge >= 0.3 is 0 Å². The van der Waals surface area contributed by atoms with Crippen molar-refractivity contribution in [3.05, 3.63) is 28.2 Å². The molecule has 110 valence electrons. The van der Waals surface area contributed by atoms with Gasteiger partial charge < -0.3 is 20.5 Å². The quantitative estimate of drug-likeness (QED) is 0.819. The number of nitrogens with zero attached hydrogens (tertiary/aromatic N) is 1. The van der Waals surface area contributed by atoms with Crippen LogP contribution in [-0.4, -0.2) is 48.3 Å². The maximum absolute atomic E-state index is 12.3. The Kier molecular flexibility index (Phi) is 4.67. The third-order valence-corrected chi connectivity index (χ3v) is 4.27. The Morgan fingerprint density at radius 3 is 2.75 bits per heavy atom. The van der Waals surface area contributed by atoms with Crippen LogP contribution < -0.4 is 5.73 Å². The molecule has 0 spiro atoms. The molecular formula is C14H19BrN2O3. The average molecular weight is 343 g/mol. The van der Waals surface area contributed by atoms with Crippen LogP contribution in [0.15, 0.2) is 22.7 Å². The predicted molar refractivity (Wildman–Crippen MR) is 80.5 cm³/mol. The highest BCUT2D eigenvalue weighted by molar-refractivity contribution is 9.10. The lowest BCUT2D eigenvalue weighted by Gasteiger charge is -2.35. The molecule has 0 unspecified atom stereocenters. The molecule has 1 aromatic rings. The van der Waals surface area contributed by atoms with Crippen LogP contribution in [0.4, 0.5) is 5.69 Å². The zero-order chi connectivity index (χ0) is 14.8. The molecule has 2 rings (SSSR count). The number of hydrogen-bond acceptors (Lipinski definition) is 4. The number of benzene rings is 1. The smallest absolute Gasteiger partial charge is 0.253 e. The van der Waals surface area contributed by atoms with Crippen molar-refractivity contribution in [2.75, 3.05) is 32.5 Å². The number of halogens is 1. The molecule has 0 radical (unpaired) electrons. The van der Waals surface area contributed by atoms with Gasteiger partial charge in [-0.1, -0.05) is 0 Å². The van der Waals surface area contributed by atoms with Gasteiger partial charge in [0.25, 0.3) is 5.91 Å². The number of nitrogen functional groups attached to an aromatic ring is 1. The van der Waals surface area contributed by atoms with Gasteiger partial charge in [0.05, 0.1) is 5.60 Å². The highest BCUT2D eigenvalue weighted by Gasteiger charge is 2.32. The average Bonchev–Trinajstić information content (AvgIpc) is 2.41. The minimum absolute atomic E-state index is 0.149. The fraction of sp³-hybridized carbons (Fsp3) is 0.500. The molecule has 0 saturated carbocycles. The zero-order valence-electron chi connectivity index (χ0n) is 11.4. The topological polar surface area (TPSA) is 75.8 Å². The predicted octanol–water partition coefficient (Wildman–Crippen LogP) is 1.64. The van der Waals surface area contributed by atoms with Crippen LogP contribution in [0.3, 0.4) is 0 Å². The molecule has 1 aromatic carbocycles. The van der Waals surface area contributed by atoms with E-state index in [4.69, 9.17) is 10.5 Å². The molecule has 0 aliphatic carbocycles. The monoisotopic (exact) mass is 342 g/mol. The molecule has 0 atom stereocenters. The van der Waals surface area contributed by atoms with Crippen molar-refractivity contribution >= 4 is 27.5 Å². The second-order valence-corrected chi connectivity index (χ2v) is 6.09. The van der Waals surface area contributed by atoms with Crippen LogP contribution in [0.1, 0.15) is 23.2 Å². The van der Waals surface area contributed by atoms with Gasteiger partial charge in [-0.25, -0.2) is 0 Å². The van der Waals surface area contributed by atoms with E-state index in [9.17, 15) is 9.90 Å². The van der Waals surface area contributed by atoms with E-state index in [0.717, 1.165) is 4.47 Å². The first-order valence-electron chi connectivity index (χ1n) is 6.52. The van der Waals surface area contributed by atoms with E-state index in [2.05, 4.69) is 15.9 Å². The Balaban J connectivity index is 2.06. The highest BCUT2D eigenvalue weighted by atomic mass is 79.9. The molecule has 6 heteroatoms. The van der Waals surface area contributed by atoms with Gasteiger partial charge in [-0.2, -0.15) is 0 Å². The number of amides is 1. The fourth-order valence-electron chi connectivity index (χ4n) is 2.32. The van der Waals surface area contributed by atoms with E-state index < -0.39 is 5.60 Å². The third kappa shape index (κ3) is 3.50. The standard InChI is InChI=1S/C14H19BrN2O3/c1-17(9-14(19)4-6-20-7-5-14)13(18)10-2-3-11(15)12(16)8-10/h2-3,8,19H,4-7,9,16H2,1H3. The maximum atomic E-state index is 12.3. The first kappa shape index (κ1) is 15.3. The Hall–Kier alpha value is -1.11. The summed E-state index contributed by atoms with van der Waals surface area (Å²) < 4.78 is 6.00. The number of carbonyl (C=O) groups excluding carboxylic acids is 1. The van der Waals surface area contributed by atoms with Crippen LogP contribution in [0.2, 0.25) is 0 Å². The molecule has 20 heavy (non-hydrogen) atoms. The lowest BCUT2D eigenvalue weighted by atomic mass is 9.93. The Labute approximate surface area is 126 Å². The van der Waals surface area contributed by atoms with Crippen molar-refractivity contribution in [1.29, 1.82) is 0 Å². The fourth-order valence-corrected chi connectivity index (χ4v) is 2.57. The van der Waals surface area contributed by atoms with E-state index in [1.165, 1.54) is 4.90 Å². The van der Waals surface area contributed by atoms with Crippen LogP contribution in [-0.2, 0) is 4.74 Å². The van der Waals surface area contributed by atoms with Gasteiger partial charge in [0, 0.05) is 55.4 Å². The lowest BCUT2D eigenvalue weighted by Crippen LogP contribution is -2.47. The summed E-state index contributed by atoms with van der Waals surface area (Å²) in [5.41, 5.74) is 5.97. The van der Waals surface area contributed by atoms with Crippen molar-refractivity contribution < 1.29 is 14.6 Å². The minimum atomic E-state index is -0.858. The van der Waals surface area contributed by atoms with Crippen molar-refractivity contribution in [3.63, 3.8) is 0 Å². The van der Waals surface area contributed by atoms with E-state index in [0.29, 0.717) is 43.9 Å². The van der Waals surface area contributed by atoms with Crippen LogP contribution >= 0.6 is 15.9 Å². The number of likely N-dealkylation sites (N-methyl/N-ethyl adjacent to an activating group) is 1. The molecule has 1 saturated heterocycles. The summed E-state index contributed by atoms with van der Waals surface area (Å²) in [5, 5.41) is 10.4. The third-order valence-electron chi connectivity index (χ3n) is 3.54. The van der Waals surface area contributed by atoms with Crippen LogP contribution in [0.25, 0.3) is 0 Å². The van der Waals surface area contributed by atoms with Gasteiger partial charge in [-0.05, 0) is 34.1 Å². The van der Waals surface area contributed by atoms with Crippen molar-refractivity contribution in [2.24, 2.45) is 0 Å².